The van der Waals surface area contributed by atoms with Crippen LogP contribution in [0, 0.1) is 5.92 Å². The molecule has 1 aliphatic carbocycles. The molecule has 1 aromatic rings. The van der Waals surface area contributed by atoms with Gasteiger partial charge in [0.2, 0.25) is 5.79 Å². The number of benzene rings is 1. The molecule has 6 nitrogen and oxygen atoms in total. The number of hydrogen-bond donors (Lipinski definition) is 5. The molecule has 0 saturated heterocycles. The van der Waals surface area contributed by atoms with Crippen molar-refractivity contribution in [3.8, 4) is 0 Å². The van der Waals surface area contributed by atoms with E-state index in [1.54, 1.807) is 30.3 Å². The van der Waals surface area contributed by atoms with Gasteiger partial charge in [-0.1, -0.05) is 36.4 Å². The fraction of sp³-hybridized carbons (Fsp3) is 0.133. The van der Waals surface area contributed by atoms with E-state index < -0.39 is 29.0 Å². The Kier molecular flexibility index (Phi) is 3.84. The molecule has 1 aromatic carbocycles. The Labute approximate surface area is 120 Å². The average Bonchev–Trinajstić information content (AvgIpc) is 2.45. The minimum atomic E-state index is -2.83. The summed E-state index contributed by atoms with van der Waals surface area (Å²) in [4.78, 5) is 11.9. The minimum Gasteiger partial charge on any atom is -0.511 e. The quantitative estimate of drug-likeness (QED) is 0.327. The van der Waals surface area contributed by atoms with E-state index in [2.05, 4.69) is 0 Å². The SMILES string of the molecule is O=C(/C=C/C1C(O)=CC(O)(O)C(O)=C1O)c1ccccc1. The second-order valence-electron chi connectivity index (χ2n) is 4.60. The van der Waals surface area contributed by atoms with Crippen molar-refractivity contribution in [2.75, 3.05) is 0 Å². The molecule has 0 fully saturated rings. The summed E-state index contributed by atoms with van der Waals surface area (Å²) in [6.45, 7) is 0. The highest BCUT2D eigenvalue weighted by Gasteiger charge is 2.39. The van der Waals surface area contributed by atoms with E-state index in [-0.39, 0.29) is 5.78 Å². The third-order valence-corrected chi connectivity index (χ3v) is 3.05. The maximum absolute atomic E-state index is 11.9. The molecule has 1 aliphatic rings. The van der Waals surface area contributed by atoms with Gasteiger partial charge in [0.1, 0.15) is 5.76 Å². The first-order valence-corrected chi connectivity index (χ1v) is 6.09. The fourth-order valence-electron chi connectivity index (χ4n) is 1.91. The summed E-state index contributed by atoms with van der Waals surface area (Å²) in [5.41, 5.74) is 0.416. The van der Waals surface area contributed by atoms with Gasteiger partial charge in [-0.3, -0.25) is 4.79 Å². The number of carbonyl (C=O) groups is 1. The summed E-state index contributed by atoms with van der Waals surface area (Å²) >= 11 is 0. The van der Waals surface area contributed by atoms with Crippen LogP contribution in [0.15, 0.2) is 65.8 Å². The van der Waals surface area contributed by atoms with E-state index in [9.17, 15) is 30.3 Å². The van der Waals surface area contributed by atoms with Crippen LogP contribution in [-0.2, 0) is 0 Å². The lowest BCUT2D eigenvalue weighted by atomic mass is 9.93. The second kappa shape index (κ2) is 5.43. The summed E-state index contributed by atoms with van der Waals surface area (Å²) in [5.74, 6) is -6.93. The van der Waals surface area contributed by atoms with E-state index in [0.29, 0.717) is 11.6 Å². The zero-order valence-corrected chi connectivity index (χ0v) is 10.8. The third-order valence-electron chi connectivity index (χ3n) is 3.05. The van der Waals surface area contributed by atoms with Crippen LogP contribution in [-0.4, -0.2) is 37.1 Å². The van der Waals surface area contributed by atoms with Crippen LogP contribution in [0.4, 0.5) is 0 Å². The van der Waals surface area contributed by atoms with Crippen LogP contribution < -0.4 is 0 Å². The van der Waals surface area contributed by atoms with Gasteiger partial charge >= 0.3 is 0 Å². The van der Waals surface area contributed by atoms with Crippen LogP contribution in [0.2, 0.25) is 0 Å². The van der Waals surface area contributed by atoms with Crippen LogP contribution in [0.5, 0.6) is 0 Å². The maximum Gasteiger partial charge on any atom is 0.250 e. The molecule has 0 radical (unpaired) electrons. The Morgan fingerprint density at radius 1 is 1.10 bits per heavy atom. The predicted octanol–water partition coefficient (Wildman–Crippen LogP) is 1.51. The topological polar surface area (TPSA) is 118 Å². The molecule has 2 rings (SSSR count). The number of allylic oxidation sites excluding steroid dienone is 1. The van der Waals surface area contributed by atoms with E-state index in [1.165, 1.54) is 0 Å². The van der Waals surface area contributed by atoms with E-state index in [4.69, 9.17) is 0 Å². The smallest absolute Gasteiger partial charge is 0.250 e. The monoisotopic (exact) mass is 290 g/mol. The largest absolute Gasteiger partial charge is 0.511 e. The average molecular weight is 290 g/mol. The van der Waals surface area contributed by atoms with Gasteiger partial charge < -0.3 is 25.5 Å². The highest BCUT2D eigenvalue weighted by molar-refractivity contribution is 6.04. The lowest BCUT2D eigenvalue weighted by Crippen LogP contribution is -2.35. The molecule has 1 unspecified atom stereocenters. The molecule has 0 spiro atoms. The van der Waals surface area contributed by atoms with Crippen molar-refractivity contribution < 1.29 is 30.3 Å². The molecule has 0 saturated carbocycles. The van der Waals surface area contributed by atoms with Crippen LogP contribution in [0.1, 0.15) is 10.4 Å². The van der Waals surface area contributed by atoms with Crippen molar-refractivity contribution in [1.29, 1.82) is 0 Å². The first-order valence-electron chi connectivity index (χ1n) is 6.09. The Bertz CT molecular complexity index is 639. The van der Waals surface area contributed by atoms with Crippen molar-refractivity contribution in [1.82, 2.24) is 0 Å². The molecule has 6 heteroatoms. The van der Waals surface area contributed by atoms with Crippen molar-refractivity contribution in [3.63, 3.8) is 0 Å². The normalized spacial score (nSPS) is 21.4. The van der Waals surface area contributed by atoms with Crippen LogP contribution >= 0.6 is 0 Å². The highest BCUT2D eigenvalue weighted by atomic mass is 16.5. The Morgan fingerprint density at radius 2 is 1.71 bits per heavy atom. The maximum atomic E-state index is 11.9. The summed E-state index contributed by atoms with van der Waals surface area (Å²) in [6.07, 6.45) is 2.85. The highest BCUT2D eigenvalue weighted by Crippen LogP contribution is 2.32. The summed E-state index contributed by atoms with van der Waals surface area (Å²) in [5, 5.41) is 47.4. The zero-order chi connectivity index (χ0) is 15.6. The number of rotatable bonds is 3. The van der Waals surface area contributed by atoms with Crippen LogP contribution in [0.25, 0.3) is 0 Å². The molecule has 1 atom stereocenters. The molecular weight excluding hydrogens is 276 g/mol. The first-order chi connectivity index (χ1) is 9.83. The molecule has 0 amide bonds. The number of carbonyl (C=O) groups excluding carboxylic acids is 1. The Morgan fingerprint density at radius 3 is 2.33 bits per heavy atom. The summed E-state index contributed by atoms with van der Waals surface area (Å²) < 4.78 is 0. The van der Waals surface area contributed by atoms with Gasteiger partial charge in [-0.25, -0.2) is 0 Å². The number of ketones is 1. The van der Waals surface area contributed by atoms with Crippen LogP contribution in [0.3, 0.4) is 0 Å². The first kappa shape index (κ1) is 14.8. The fourth-order valence-corrected chi connectivity index (χ4v) is 1.91. The molecule has 0 aromatic heterocycles. The number of hydrogen-bond acceptors (Lipinski definition) is 6. The Hall–Kier alpha value is -2.57. The Balaban J connectivity index is 2.24. The van der Waals surface area contributed by atoms with Gasteiger partial charge in [0, 0.05) is 11.6 Å². The lowest BCUT2D eigenvalue weighted by molar-refractivity contribution is -0.120. The number of aliphatic hydroxyl groups excluding tert-OH is 3. The summed E-state index contributed by atoms with van der Waals surface area (Å²) in [6, 6.07) is 8.33. The second-order valence-corrected chi connectivity index (χ2v) is 4.60. The predicted molar refractivity (Wildman–Crippen MR) is 73.6 cm³/mol. The van der Waals surface area contributed by atoms with Gasteiger partial charge in [0.25, 0.3) is 0 Å². The molecule has 21 heavy (non-hydrogen) atoms. The molecule has 5 N–H and O–H groups in total. The standard InChI is InChI=1S/C15H14O6/c16-11(9-4-2-1-3-5-9)7-6-10-12(17)8-15(20,21)14(19)13(10)18/h1-8,10,17-21H/b7-6+. The van der Waals surface area contributed by atoms with Crippen molar-refractivity contribution in [3.05, 3.63) is 71.4 Å². The van der Waals surface area contributed by atoms with Crippen molar-refractivity contribution in [2.24, 2.45) is 5.92 Å². The van der Waals surface area contributed by atoms with E-state index in [0.717, 1.165) is 12.2 Å². The minimum absolute atomic E-state index is 0.361. The van der Waals surface area contributed by atoms with Crippen molar-refractivity contribution in [2.45, 2.75) is 5.79 Å². The van der Waals surface area contributed by atoms with E-state index >= 15 is 0 Å². The third kappa shape index (κ3) is 2.96. The number of aliphatic hydroxyl groups is 5. The van der Waals surface area contributed by atoms with Gasteiger partial charge in [0.05, 0.1) is 5.92 Å². The molecule has 0 heterocycles. The summed E-state index contributed by atoms with van der Waals surface area (Å²) in [7, 11) is 0. The van der Waals surface area contributed by atoms with Gasteiger partial charge in [0.15, 0.2) is 17.3 Å². The van der Waals surface area contributed by atoms with Crippen molar-refractivity contribution >= 4 is 5.78 Å². The molecular formula is C15H14O6. The molecule has 110 valence electrons. The van der Waals surface area contributed by atoms with Gasteiger partial charge in [-0.05, 0) is 6.08 Å². The molecule has 0 aliphatic heterocycles. The zero-order valence-electron chi connectivity index (χ0n) is 10.8. The van der Waals surface area contributed by atoms with E-state index in [1.807, 2.05) is 0 Å². The van der Waals surface area contributed by atoms with Gasteiger partial charge in [-0.15, -0.1) is 0 Å². The molecule has 0 bridgehead atoms. The lowest BCUT2D eigenvalue weighted by Gasteiger charge is -2.26. The van der Waals surface area contributed by atoms with Gasteiger partial charge in [-0.2, -0.15) is 0 Å².